The van der Waals surface area contributed by atoms with Crippen LogP contribution in [0.5, 0.6) is 0 Å². The first-order valence-corrected chi connectivity index (χ1v) is 10.6. The average Bonchev–Trinajstić information content (AvgIpc) is 3.11. The minimum atomic E-state index is -0.252. The van der Waals surface area contributed by atoms with Crippen molar-refractivity contribution in [1.29, 1.82) is 0 Å². The molecule has 2 amide bonds. The summed E-state index contributed by atoms with van der Waals surface area (Å²) < 4.78 is 1.83. The third-order valence-electron chi connectivity index (χ3n) is 6.19. The number of carbonyl (C=O) groups is 2. The van der Waals surface area contributed by atoms with E-state index >= 15 is 0 Å². The molecule has 4 heterocycles. The van der Waals surface area contributed by atoms with E-state index in [1.807, 2.05) is 35.6 Å². The van der Waals surface area contributed by atoms with Gasteiger partial charge in [0.15, 0.2) is 5.82 Å². The summed E-state index contributed by atoms with van der Waals surface area (Å²) in [5, 5.41) is 4.50. The fourth-order valence-corrected chi connectivity index (χ4v) is 4.44. The normalized spacial score (nSPS) is 18.6. The van der Waals surface area contributed by atoms with Crippen LogP contribution in [0.2, 0.25) is 0 Å². The summed E-state index contributed by atoms with van der Waals surface area (Å²) in [6.07, 6.45) is 4.66. The van der Waals surface area contributed by atoms with Crippen LogP contribution in [-0.2, 0) is 9.59 Å². The van der Waals surface area contributed by atoms with E-state index in [0.717, 1.165) is 43.1 Å². The maximum Gasteiger partial charge on any atom is 0.227 e. The van der Waals surface area contributed by atoms with E-state index in [-0.39, 0.29) is 23.7 Å². The predicted octanol–water partition coefficient (Wildman–Crippen LogP) is 1.22. The molecule has 9 heteroatoms. The molecule has 2 saturated heterocycles. The maximum absolute atomic E-state index is 12.9. The molecular weight excluding hydrogens is 382 g/mol. The zero-order chi connectivity index (χ0) is 21.3. The van der Waals surface area contributed by atoms with Gasteiger partial charge in [-0.05, 0) is 45.6 Å². The quantitative estimate of drug-likeness (QED) is 0.810. The number of hydrogen-bond donors (Lipinski definition) is 1. The Kier molecular flexibility index (Phi) is 5.69. The van der Waals surface area contributed by atoms with Crippen LogP contribution in [0.15, 0.2) is 18.3 Å². The van der Waals surface area contributed by atoms with Gasteiger partial charge < -0.3 is 15.5 Å². The first-order chi connectivity index (χ1) is 14.4. The topological polar surface area (TPSA) is 110 Å². The van der Waals surface area contributed by atoms with Gasteiger partial charge in [0.2, 0.25) is 17.8 Å². The van der Waals surface area contributed by atoms with Crippen molar-refractivity contribution in [2.24, 2.45) is 17.6 Å². The van der Waals surface area contributed by atoms with Crippen molar-refractivity contribution < 1.29 is 9.59 Å². The summed E-state index contributed by atoms with van der Waals surface area (Å²) >= 11 is 0. The van der Waals surface area contributed by atoms with Gasteiger partial charge in [0.05, 0.1) is 5.69 Å². The molecule has 9 nitrogen and oxygen atoms in total. The molecule has 2 fully saturated rings. The van der Waals surface area contributed by atoms with Crippen molar-refractivity contribution in [3.63, 3.8) is 0 Å². The highest BCUT2D eigenvalue weighted by molar-refractivity contribution is 5.80. The molecule has 0 atom stereocenters. The number of piperidine rings is 2. The molecule has 0 bridgehead atoms. The lowest BCUT2D eigenvalue weighted by atomic mass is 9.92. The number of aromatic nitrogens is 4. The SMILES string of the molecule is Cc1cc(C)n(-c2ccnc(N3CCC(C(=O)N4CCC(C(N)=O)CC4)CC3)n2)n1. The van der Waals surface area contributed by atoms with Crippen molar-refractivity contribution in [2.45, 2.75) is 39.5 Å². The summed E-state index contributed by atoms with van der Waals surface area (Å²) in [7, 11) is 0. The van der Waals surface area contributed by atoms with E-state index in [4.69, 9.17) is 10.7 Å². The number of likely N-dealkylation sites (tertiary alicyclic amines) is 1. The standard InChI is InChI=1S/C21H29N7O2/c1-14-13-15(2)28(25-14)18-3-8-23-21(24-18)27-11-6-17(7-12-27)20(30)26-9-4-16(5-10-26)19(22)29/h3,8,13,16-17H,4-7,9-12H2,1-2H3,(H2,22,29). The average molecular weight is 412 g/mol. The van der Waals surface area contributed by atoms with Gasteiger partial charge in [0.25, 0.3) is 0 Å². The van der Waals surface area contributed by atoms with Crippen LogP contribution < -0.4 is 10.6 Å². The zero-order valence-electron chi connectivity index (χ0n) is 17.6. The largest absolute Gasteiger partial charge is 0.369 e. The van der Waals surface area contributed by atoms with Gasteiger partial charge in [0, 0.05) is 56.0 Å². The summed E-state index contributed by atoms with van der Waals surface area (Å²) in [4.78, 5) is 37.4. The molecule has 0 unspecified atom stereocenters. The first kappa shape index (κ1) is 20.3. The molecule has 2 aliphatic rings. The minimum absolute atomic E-state index is 0.0190. The van der Waals surface area contributed by atoms with Crippen LogP contribution >= 0.6 is 0 Å². The van der Waals surface area contributed by atoms with Crippen molar-refractivity contribution in [3.8, 4) is 5.82 Å². The number of amides is 2. The van der Waals surface area contributed by atoms with Gasteiger partial charge in [-0.3, -0.25) is 9.59 Å². The minimum Gasteiger partial charge on any atom is -0.369 e. The van der Waals surface area contributed by atoms with Gasteiger partial charge in [0.1, 0.15) is 0 Å². The molecule has 160 valence electrons. The number of rotatable bonds is 4. The van der Waals surface area contributed by atoms with Gasteiger partial charge >= 0.3 is 0 Å². The summed E-state index contributed by atoms with van der Waals surface area (Å²) in [6, 6.07) is 3.88. The van der Waals surface area contributed by atoms with E-state index in [2.05, 4.69) is 15.0 Å². The Morgan fingerprint density at radius 1 is 1.03 bits per heavy atom. The van der Waals surface area contributed by atoms with E-state index in [0.29, 0.717) is 31.9 Å². The Morgan fingerprint density at radius 2 is 1.70 bits per heavy atom. The van der Waals surface area contributed by atoms with Gasteiger partial charge in [-0.1, -0.05) is 0 Å². The maximum atomic E-state index is 12.9. The highest BCUT2D eigenvalue weighted by Gasteiger charge is 2.32. The highest BCUT2D eigenvalue weighted by atomic mass is 16.2. The van der Waals surface area contributed by atoms with E-state index in [1.54, 1.807) is 6.20 Å². The molecule has 2 aliphatic heterocycles. The van der Waals surface area contributed by atoms with E-state index < -0.39 is 0 Å². The molecule has 0 aromatic carbocycles. The van der Waals surface area contributed by atoms with E-state index in [9.17, 15) is 9.59 Å². The second-order valence-electron chi connectivity index (χ2n) is 8.32. The second-order valence-corrected chi connectivity index (χ2v) is 8.32. The number of anilines is 1. The van der Waals surface area contributed by atoms with Crippen LogP contribution in [0, 0.1) is 25.7 Å². The fourth-order valence-electron chi connectivity index (χ4n) is 4.44. The zero-order valence-corrected chi connectivity index (χ0v) is 17.6. The number of primary amides is 1. The molecular formula is C21H29N7O2. The van der Waals surface area contributed by atoms with Gasteiger partial charge in [-0.2, -0.15) is 10.1 Å². The van der Waals surface area contributed by atoms with Crippen molar-refractivity contribution >= 4 is 17.8 Å². The summed E-state index contributed by atoms with van der Waals surface area (Å²) in [6.45, 7) is 6.71. The van der Waals surface area contributed by atoms with Gasteiger partial charge in [-0.15, -0.1) is 0 Å². The number of nitrogens with two attached hydrogens (primary N) is 1. The van der Waals surface area contributed by atoms with Crippen LogP contribution in [0.4, 0.5) is 5.95 Å². The number of aryl methyl sites for hydroxylation is 2. The van der Waals surface area contributed by atoms with Crippen LogP contribution in [-0.4, -0.2) is 62.6 Å². The highest BCUT2D eigenvalue weighted by Crippen LogP contribution is 2.25. The Balaban J connectivity index is 1.36. The lowest BCUT2D eigenvalue weighted by molar-refractivity contribution is -0.139. The molecule has 2 aromatic heterocycles. The smallest absolute Gasteiger partial charge is 0.227 e. The molecule has 4 rings (SSSR count). The molecule has 0 saturated carbocycles. The van der Waals surface area contributed by atoms with Crippen molar-refractivity contribution in [1.82, 2.24) is 24.6 Å². The van der Waals surface area contributed by atoms with Crippen LogP contribution in [0.3, 0.4) is 0 Å². The molecule has 0 spiro atoms. The van der Waals surface area contributed by atoms with Crippen LogP contribution in [0.25, 0.3) is 5.82 Å². The fraction of sp³-hybridized carbons (Fsp3) is 0.571. The molecule has 30 heavy (non-hydrogen) atoms. The van der Waals surface area contributed by atoms with Crippen molar-refractivity contribution in [3.05, 3.63) is 29.7 Å². The summed E-state index contributed by atoms with van der Waals surface area (Å²) in [5.74, 6) is 1.30. The monoisotopic (exact) mass is 411 g/mol. The Bertz CT molecular complexity index is 925. The van der Waals surface area contributed by atoms with Gasteiger partial charge in [-0.25, -0.2) is 9.67 Å². The predicted molar refractivity (Wildman–Crippen MR) is 112 cm³/mol. The molecule has 0 aliphatic carbocycles. The number of nitrogens with zero attached hydrogens (tertiary/aromatic N) is 6. The molecule has 0 radical (unpaired) electrons. The van der Waals surface area contributed by atoms with Crippen LogP contribution in [0.1, 0.15) is 37.1 Å². The third kappa shape index (κ3) is 4.15. The lowest BCUT2D eigenvalue weighted by Gasteiger charge is -2.36. The molecule has 2 aromatic rings. The Hall–Kier alpha value is -2.97. The van der Waals surface area contributed by atoms with Crippen molar-refractivity contribution in [2.75, 3.05) is 31.1 Å². The summed E-state index contributed by atoms with van der Waals surface area (Å²) in [5.41, 5.74) is 7.37. The second kappa shape index (κ2) is 8.41. The first-order valence-electron chi connectivity index (χ1n) is 10.6. The third-order valence-corrected chi connectivity index (χ3v) is 6.19. The number of carbonyl (C=O) groups excluding carboxylic acids is 2. The molecule has 2 N–H and O–H groups in total. The Morgan fingerprint density at radius 3 is 2.30 bits per heavy atom. The lowest BCUT2D eigenvalue weighted by Crippen LogP contribution is -2.47. The Labute approximate surface area is 176 Å². The number of hydrogen-bond acceptors (Lipinski definition) is 6. The van der Waals surface area contributed by atoms with E-state index in [1.165, 1.54) is 0 Å².